The van der Waals surface area contributed by atoms with E-state index in [0.717, 1.165) is 0 Å². The van der Waals surface area contributed by atoms with Crippen molar-refractivity contribution in [1.82, 2.24) is 35.1 Å². The average molecular weight is 440 g/mol. The molecule has 0 saturated carbocycles. The molecule has 1 aromatic heterocycles. The fourth-order valence-electron chi connectivity index (χ4n) is 3.27. The third-order valence-corrected chi connectivity index (χ3v) is 5.59. The molecule has 3 heterocycles. The molecule has 1 aromatic rings. The molecule has 3 rings (SSSR count). The third-order valence-electron chi connectivity index (χ3n) is 4.69. The molecule has 0 amide bonds. The highest BCUT2D eigenvalue weighted by Crippen LogP contribution is 2.20. The van der Waals surface area contributed by atoms with Crippen LogP contribution in [0.1, 0.15) is 17.7 Å². The molecule has 3 unspecified atom stereocenters. The van der Waals surface area contributed by atoms with E-state index in [1.54, 1.807) is 21.6 Å². The second-order valence-electron chi connectivity index (χ2n) is 6.95. The smallest absolute Gasteiger partial charge is 0.558 e. The number of fused-ring (bicyclic) bond motifs is 3. The molecule has 162 valence electrons. The van der Waals surface area contributed by atoms with Gasteiger partial charge in [-0.25, -0.2) is 0 Å². The maximum absolute atomic E-state index is 13.9. The number of carbonyl (C=O) groups is 3. The Hall–Kier alpha value is -2.31. The van der Waals surface area contributed by atoms with E-state index in [9.17, 15) is 17.9 Å². The van der Waals surface area contributed by atoms with Gasteiger partial charge in [0.25, 0.3) is 11.9 Å². The number of hydrogen-bond donors (Lipinski definition) is 1. The molecule has 0 spiro atoms. The molecule has 3 atom stereocenters. The summed E-state index contributed by atoms with van der Waals surface area (Å²) in [5.41, 5.74) is 0. The van der Waals surface area contributed by atoms with Gasteiger partial charge in [-0.2, -0.15) is 0 Å². The topological polar surface area (TPSA) is 151 Å². The van der Waals surface area contributed by atoms with Gasteiger partial charge in [0.05, 0.1) is 25.7 Å². The van der Waals surface area contributed by atoms with Crippen LogP contribution in [0, 0.1) is 6.92 Å². The van der Waals surface area contributed by atoms with E-state index in [1.165, 1.54) is 0 Å². The largest absolute Gasteiger partial charge is 1.15 e. The van der Waals surface area contributed by atoms with Crippen LogP contribution in [-0.4, -0.2) is 126 Å². The normalized spacial score (nSPS) is 26.6. The van der Waals surface area contributed by atoms with E-state index in [0.29, 0.717) is 25.5 Å². The number of aliphatic carboxylic acids is 1. The van der Waals surface area contributed by atoms with Crippen LogP contribution in [-0.2, 0) is 22.0 Å². The quantitative estimate of drug-likeness (QED) is 0.501. The van der Waals surface area contributed by atoms with Gasteiger partial charge in [-0.3, -0.25) is 29.1 Å². The Bertz CT molecular complexity index is 787. The maximum atomic E-state index is 13.9. The fourth-order valence-corrected chi connectivity index (χ4v) is 3.88. The molecule has 1 N–H and O–H groups in total. The summed E-state index contributed by atoms with van der Waals surface area (Å²) in [4.78, 5) is 40.6. The number of halogens is 1. The van der Waals surface area contributed by atoms with Crippen molar-refractivity contribution in [3.05, 3.63) is 11.6 Å². The van der Waals surface area contributed by atoms with Crippen molar-refractivity contribution < 1.29 is 30.6 Å². The van der Waals surface area contributed by atoms with Gasteiger partial charge < -0.3 is 16.2 Å². The summed E-state index contributed by atoms with van der Waals surface area (Å²) in [6.45, 7) is 2.29. The first-order valence-corrected chi connectivity index (χ1v) is 10.7. The highest BCUT2D eigenvalue weighted by Gasteiger charge is 2.44. The Labute approximate surface area is 176 Å². The number of aryl methyl sites for hydroxylation is 1. The SMILES string of the molecule is Cc1nnc(C2CN3CCN(CC(=O)O)CCN2CC(=O)[O][Al]([18F])[O]C(=O)C3)nn1. The van der Waals surface area contributed by atoms with Gasteiger partial charge in [0.2, 0.25) is 0 Å². The highest BCUT2D eigenvalue weighted by atomic mass is 27.3. The minimum atomic E-state index is -3.95. The maximum Gasteiger partial charge on any atom is 1.15 e. The van der Waals surface area contributed by atoms with E-state index >= 15 is 0 Å². The van der Waals surface area contributed by atoms with Crippen molar-refractivity contribution in [2.75, 3.05) is 52.4 Å². The summed E-state index contributed by atoms with van der Waals surface area (Å²) in [6.07, 6.45) is 0. The van der Waals surface area contributed by atoms with Gasteiger partial charge in [-0.05, 0) is 6.92 Å². The molecule has 30 heavy (non-hydrogen) atoms. The molecule has 13 nitrogen and oxygen atoms in total. The molecular formula is C15H21AlFN7O6. The number of nitrogens with zero attached hydrogens (tertiary/aromatic N) is 7. The molecule has 0 radical (unpaired) electrons. The van der Waals surface area contributed by atoms with Gasteiger partial charge in [-0.1, -0.05) is 0 Å². The number of carboxylic acid groups (broad SMARTS) is 1. The van der Waals surface area contributed by atoms with Gasteiger partial charge in [0, 0.05) is 32.7 Å². The van der Waals surface area contributed by atoms with Crippen LogP contribution in [0.3, 0.4) is 0 Å². The van der Waals surface area contributed by atoms with Crippen LogP contribution < -0.4 is 0 Å². The predicted molar refractivity (Wildman–Crippen MR) is 96.2 cm³/mol. The standard InChI is InChI=1S/C15H23N7O6.Al.FH/c1-10-16-18-15(19-17-10)11-6-21(8-13(25)26)3-2-20(7-12(23)24)4-5-22(11)9-14(27)28;;/h11H,2-9H2,1H3,(H,23,24)(H,25,26)(H,27,28);;1H/q;+3;/p-3/i;;1-1. The zero-order chi connectivity index (χ0) is 21.7. The Morgan fingerprint density at radius 1 is 1.10 bits per heavy atom. The summed E-state index contributed by atoms with van der Waals surface area (Å²) in [6, 6.07) is -0.603. The second kappa shape index (κ2) is 10.1. The molecule has 2 aliphatic heterocycles. The molecule has 2 bridgehead atoms. The predicted octanol–water partition coefficient (Wildman–Crippen LogP) is -2.33. The summed E-state index contributed by atoms with van der Waals surface area (Å²) >= 11 is -3.95. The first-order valence-electron chi connectivity index (χ1n) is 9.27. The van der Waals surface area contributed by atoms with Crippen molar-refractivity contribution in [3.8, 4) is 0 Å². The molecule has 2 fully saturated rings. The monoisotopic (exact) mass is 440 g/mol. The Morgan fingerprint density at radius 2 is 1.73 bits per heavy atom. The summed E-state index contributed by atoms with van der Waals surface area (Å²) in [5, 5.41) is 25.1. The van der Waals surface area contributed by atoms with E-state index in [4.69, 9.17) is 5.11 Å². The molecule has 0 aromatic carbocycles. The zero-order valence-electron chi connectivity index (χ0n) is 16.3. The molecule has 15 heteroatoms. The average Bonchev–Trinajstić information content (AvgIpc) is 2.71. The van der Waals surface area contributed by atoms with Crippen LogP contribution >= 0.6 is 0 Å². The molecule has 0 aliphatic carbocycles. The van der Waals surface area contributed by atoms with Crippen LogP contribution in [0.15, 0.2) is 0 Å². The van der Waals surface area contributed by atoms with Crippen LogP contribution in [0.25, 0.3) is 0 Å². The number of hydrogen-bond acceptors (Lipinski definition) is 12. The fraction of sp³-hybridized carbons (Fsp3) is 0.667. The first-order chi connectivity index (χ1) is 14.3. The van der Waals surface area contributed by atoms with Crippen LogP contribution in [0.4, 0.5) is 3.52 Å². The first kappa shape index (κ1) is 22.4. The van der Waals surface area contributed by atoms with Gasteiger partial charge in [-0.15, -0.1) is 20.4 Å². The summed E-state index contributed by atoms with van der Waals surface area (Å²) in [7, 11) is 0. The third kappa shape index (κ3) is 6.34. The van der Waals surface area contributed by atoms with Crippen molar-refractivity contribution in [2.45, 2.75) is 13.0 Å². The van der Waals surface area contributed by atoms with Gasteiger partial charge in [0.15, 0.2) is 11.6 Å². The van der Waals surface area contributed by atoms with Crippen molar-refractivity contribution in [3.63, 3.8) is 0 Å². The second-order valence-corrected chi connectivity index (χ2v) is 7.97. The number of aromatic nitrogens is 4. The minimum Gasteiger partial charge on any atom is -0.558 e. The minimum absolute atomic E-state index is 0.203. The van der Waals surface area contributed by atoms with Gasteiger partial charge >= 0.3 is 21.2 Å². The Kier molecular flexibility index (Phi) is 7.56. The van der Waals surface area contributed by atoms with E-state index in [2.05, 4.69) is 28.0 Å². The lowest BCUT2D eigenvalue weighted by Crippen LogP contribution is -2.43. The van der Waals surface area contributed by atoms with E-state index in [1.807, 2.05) is 0 Å². The lowest BCUT2D eigenvalue weighted by molar-refractivity contribution is -0.143. The van der Waals surface area contributed by atoms with Crippen molar-refractivity contribution >= 4 is 33.2 Å². The summed E-state index contributed by atoms with van der Waals surface area (Å²) in [5.74, 6) is -2.15. The van der Waals surface area contributed by atoms with Crippen molar-refractivity contribution in [2.24, 2.45) is 0 Å². The summed E-state index contributed by atoms with van der Waals surface area (Å²) < 4.78 is 23.2. The molecular weight excluding hydrogens is 419 g/mol. The van der Waals surface area contributed by atoms with Crippen molar-refractivity contribution in [1.29, 1.82) is 0 Å². The number of rotatable bonds is 3. The van der Waals surface area contributed by atoms with Crippen LogP contribution in [0.2, 0.25) is 0 Å². The van der Waals surface area contributed by atoms with Crippen LogP contribution in [0.5, 0.6) is 0 Å². The Morgan fingerprint density at radius 3 is 2.40 bits per heavy atom. The van der Waals surface area contributed by atoms with E-state index < -0.39 is 39.2 Å². The number of carboxylic acids is 1. The Balaban J connectivity index is 1.96. The number of carbonyl (C=O) groups excluding carboxylic acids is 2. The molecule has 2 saturated heterocycles. The van der Waals surface area contributed by atoms with E-state index in [-0.39, 0.29) is 38.5 Å². The zero-order valence-corrected chi connectivity index (χ0v) is 17.5. The molecule has 2 aliphatic rings. The highest BCUT2D eigenvalue weighted by molar-refractivity contribution is 6.41. The lowest BCUT2D eigenvalue weighted by Gasteiger charge is -2.31. The van der Waals surface area contributed by atoms with Gasteiger partial charge in [0.1, 0.15) is 0 Å². The lowest BCUT2D eigenvalue weighted by atomic mass is 10.2.